The Morgan fingerprint density at radius 1 is 0.610 bits per heavy atom. The number of carbonyl (C=O) groups excluding carboxylic acids is 1. The van der Waals surface area contributed by atoms with Gasteiger partial charge in [0.15, 0.2) is 17.3 Å². The maximum absolute atomic E-state index is 12.8. The summed E-state index contributed by atoms with van der Waals surface area (Å²) in [6, 6.07) is 12.9. The maximum Gasteiger partial charge on any atom is 0.169 e. The Balaban J connectivity index is 1.50. The summed E-state index contributed by atoms with van der Waals surface area (Å²) in [6.07, 6.45) is 1.59. The van der Waals surface area contributed by atoms with Crippen LogP contribution in [0.15, 0.2) is 54.6 Å². The van der Waals surface area contributed by atoms with Crippen molar-refractivity contribution in [3.05, 3.63) is 88.0 Å². The molecule has 0 heterocycles. The molecule has 7 N–H and O–H groups in total. The van der Waals surface area contributed by atoms with Crippen LogP contribution in [0.25, 0.3) is 0 Å². The van der Waals surface area contributed by atoms with Crippen LogP contribution in [0, 0.1) is 13.8 Å². The van der Waals surface area contributed by atoms with Gasteiger partial charge in [-0.3, -0.25) is 4.79 Å². The Bertz CT molecular complexity index is 1610. The van der Waals surface area contributed by atoms with E-state index in [-0.39, 0.29) is 81.5 Å². The molecule has 0 aromatic heterocycles. The van der Waals surface area contributed by atoms with E-state index >= 15 is 0 Å². The molecule has 4 aromatic rings. The molecule has 0 fully saturated rings. The molecule has 9 nitrogen and oxygen atoms in total. The zero-order valence-electron chi connectivity index (χ0n) is 22.7. The molecule has 0 atom stereocenters. The summed E-state index contributed by atoms with van der Waals surface area (Å²) < 4.78 is 5.94. The van der Waals surface area contributed by atoms with Gasteiger partial charge in [-0.2, -0.15) is 0 Å². The number of carbonyl (C=O) groups is 1. The quantitative estimate of drug-likeness (QED) is 0.115. The van der Waals surface area contributed by atoms with E-state index in [0.717, 1.165) is 6.07 Å². The molecule has 0 amide bonds. The van der Waals surface area contributed by atoms with Gasteiger partial charge in [0.1, 0.15) is 40.2 Å². The molecule has 0 bridgehead atoms. The topological polar surface area (TPSA) is 168 Å². The molecular weight excluding hydrogens is 528 g/mol. The first-order chi connectivity index (χ1) is 19.5. The molecule has 0 aliphatic carbocycles. The van der Waals surface area contributed by atoms with Crippen molar-refractivity contribution in [1.82, 2.24) is 0 Å². The van der Waals surface area contributed by atoms with Crippen LogP contribution in [0.4, 0.5) is 0 Å². The van der Waals surface area contributed by atoms with Crippen LogP contribution in [0.1, 0.15) is 51.0 Å². The Morgan fingerprint density at radius 2 is 1.24 bits per heavy atom. The summed E-state index contributed by atoms with van der Waals surface area (Å²) in [7, 11) is 0. The Hall–Kier alpha value is -5.05. The molecule has 9 heteroatoms. The maximum atomic E-state index is 12.8. The van der Waals surface area contributed by atoms with Gasteiger partial charge >= 0.3 is 0 Å². The number of hydrogen-bond acceptors (Lipinski definition) is 9. The van der Waals surface area contributed by atoms with Crippen molar-refractivity contribution >= 4 is 5.78 Å². The van der Waals surface area contributed by atoms with Gasteiger partial charge in [0.05, 0.1) is 5.56 Å². The van der Waals surface area contributed by atoms with Crippen LogP contribution in [0.3, 0.4) is 0 Å². The predicted molar refractivity (Wildman–Crippen MR) is 152 cm³/mol. The van der Waals surface area contributed by atoms with E-state index < -0.39 is 0 Å². The van der Waals surface area contributed by atoms with Crippen molar-refractivity contribution in [3.8, 4) is 51.7 Å². The van der Waals surface area contributed by atoms with Crippen LogP contribution < -0.4 is 4.74 Å². The van der Waals surface area contributed by atoms with Gasteiger partial charge in [-0.15, -0.1) is 0 Å². The van der Waals surface area contributed by atoms with Crippen molar-refractivity contribution in [2.24, 2.45) is 0 Å². The molecule has 0 spiro atoms. The van der Waals surface area contributed by atoms with Crippen LogP contribution in [-0.2, 0) is 19.3 Å². The van der Waals surface area contributed by atoms with Crippen molar-refractivity contribution in [2.45, 2.75) is 46.0 Å². The number of ether oxygens (including phenoxy) is 1. The number of hydrogen-bond donors (Lipinski definition) is 7. The number of phenols is 7. The average Bonchev–Trinajstić information content (AvgIpc) is 2.93. The highest BCUT2D eigenvalue weighted by Gasteiger charge is 2.18. The Morgan fingerprint density at radius 3 is 1.98 bits per heavy atom. The number of rotatable bonds is 10. The number of ketones is 1. The first-order valence-electron chi connectivity index (χ1n) is 13.1. The Kier molecular flexibility index (Phi) is 8.47. The van der Waals surface area contributed by atoms with Crippen molar-refractivity contribution < 1.29 is 45.3 Å². The molecule has 4 aromatic carbocycles. The molecular formula is C32H32O9. The van der Waals surface area contributed by atoms with Gasteiger partial charge in [-0.25, -0.2) is 0 Å². The zero-order valence-corrected chi connectivity index (χ0v) is 22.7. The van der Waals surface area contributed by atoms with E-state index in [1.54, 1.807) is 19.1 Å². The minimum atomic E-state index is -0.353. The van der Waals surface area contributed by atoms with Crippen LogP contribution in [0.5, 0.6) is 51.7 Å². The molecule has 41 heavy (non-hydrogen) atoms. The fraction of sp³-hybridized carbons (Fsp3) is 0.219. The lowest BCUT2D eigenvalue weighted by atomic mass is 9.99. The van der Waals surface area contributed by atoms with E-state index in [1.807, 2.05) is 0 Å². The molecule has 0 saturated carbocycles. The molecule has 0 saturated heterocycles. The number of Topliss-reactive ketones (excluding diaryl/α,β-unsaturated/α-hetero) is 1. The molecule has 0 aliphatic rings. The first-order valence-corrected chi connectivity index (χ1v) is 13.1. The average molecular weight is 561 g/mol. The lowest BCUT2D eigenvalue weighted by molar-refractivity contribution is 0.0980. The smallest absolute Gasteiger partial charge is 0.169 e. The monoisotopic (exact) mass is 560 g/mol. The van der Waals surface area contributed by atoms with Gasteiger partial charge < -0.3 is 40.5 Å². The molecule has 0 radical (unpaired) electrons. The van der Waals surface area contributed by atoms with E-state index in [4.69, 9.17) is 4.74 Å². The highest BCUT2D eigenvalue weighted by atomic mass is 16.5. The highest BCUT2D eigenvalue weighted by molar-refractivity contribution is 5.99. The van der Waals surface area contributed by atoms with Crippen LogP contribution in [-0.4, -0.2) is 41.5 Å². The van der Waals surface area contributed by atoms with Gasteiger partial charge in [0.25, 0.3) is 0 Å². The third-order valence-corrected chi connectivity index (χ3v) is 7.13. The SMILES string of the molecule is Cc1c(O)ccc(CCCc2cc(Oc3cc(O)ccc3CCC(=O)c3ccc(O)c(C)c3O)c(O)cc2O)c1O. The number of aromatic hydroxyl groups is 7. The van der Waals surface area contributed by atoms with Crippen LogP contribution in [0.2, 0.25) is 0 Å². The number of aryl methyl sites for hydroxylation is 3. The molecule has 4 rings (SSSR count). The Labute approximate surface area is 236 Å². The molecule has 214 valence electrons. The fourth-order valence-electron chi connectivity index (χ4n) is 4.56. The first kappa shape index (κ1) is 28.9. The number of benzene rings is 4. The van der Waals surface area contributed by atoms with Gasteiger partial charge in [0.2, 0.25) is 0 Å². The second kappa shape index (κ2) is 12.0. The van der Waals surface area contributed by atoms with Crippen molar-refractivity contribution in [2.75, 3.05) is 0 Å². The standard InChI is InChI=1S/C32H32O9/c1-17-24(34)11-8-20(31(17)39)4-3-5-21-14-30(28(38)16-27(21)37)41-29-15-22(33)9-6-19(29)7-12-26(36)23-10-13-25(35)18(2)32(23)40/h6,8-11,13-16,33-35,37-40H,3-5,7,12H2,1-2H3. The largest absolute Gasteiger partial charge is 0.508 e. The second-order valence-electron chi connectivity index (χ2n) is 9.94. The number of phenolic OH excluding ortho intramolecular Hbond substituents is 7. The summed E-state index contributed by atoms with van der Waals surface area (Å²) >= 11 is 0. The second-order valence-corrected chi connectivity index (χ2v) is 9.94. The zero-order chi connectivity index (χ0) is 29.8. The summed E-state index contributed by atoms with van der Waals surface area (Å²) in [5, 5.41) is 71.0. The summed E-state index contributed by atoms with van der Waals surface area (Å²) in [5.74, 6) is -1.04. The summed E-state index contributed by atoms with van der Waals surface area (Å²) in [5.41, 5.74) is 2.38. The molecule has 0 aliphatic heterocycles. The van der Waals surface area contributed by atoms with Crippen molar-refractivity contribution in [3.63, 3.8) is 0 Å². The van der Waals surface area contributed by atoms with Crippen LogP contribution >= 0.6 is 0 Å². The minimum absolute atomic E-state index is 0.00466. The normalized spacial score (nSPS) is 11.0. The van der Waals surface area contributed by atoms with Crippen molar-refractivity contribution in [1.29, 1.82) is 0 Å². The van der Waals surface area contributed by atoms with E-state index in [1.165, 1.54) is 43.3 Å². The third-order valence-electron chi connectivity index (χ3n) is 7.13. The van der Waals surface area contributed by atoms with Gasteiger partial charge in [-0.1, -0.05) is 12.1 Å². The summed E-state index contributed by atoms with van der Waals surface area (Å²) in [4.78, 5) is 12.8. The van der Waals surface area contributed by atoms with E-state index in [0.29, 0.717) is 41.5 Å². The third kappa shape index (κ3) is 6.41. The summed E-state index contributed by atoms with van der Waals surface area (Å²) in [6.45, 7) is 3.12. The molecule has 0 unspecified atom stereocenters. The lowest BCUT2D eigenvalue weighted by Crippen LogP contribution is -2.03. The van der Waals surface area contributed by atoms with Gasteiger partial charge in [-0.05, 0) is 86.6 Å². The van der Waals surface area contributed by atoms with E-state index in [9.17, 15) is 40.5 Å². The fourth-order valence-corrected chi connectivity index (χ4v) is 4.56. The highest BCUT2D eigenvalue weighted by Crippen LogP contribution is 2.39. The minimum Gasteiger partial charge on any atom is -0.508 e. The predicted octanol–water partition coefficient (Wildman–Crippen LogP) is 6.03. The van der Waals surface area contributed by atoms with Gasteiger partial charge in [0, 0.05) is 29.7 Å². The lowest BCUT2D eigenvalue weighted by Gasteiger charge is -2.15. The van der Waals surface area contributed by atoms with E-state index in [2.05, 4.69) is 0 Å².